The molecule has 2 rings (SSSR count). The lowest BCUT2D eigenvalue weighted by Gasteiger charge is -2.35. The van der Waals surface area contributed by atoms with Gasteiger partial charge in [0.05, 0.1) is 12.3 Å². The summed E-state index contributed by atoms with van der Waals surface area (Å²) in [6.45, 7) is 5.85. The van der Waals surface area contributed by atoms with Crippen LogP contribution in [0.15, 0.2) is 24.4 Å². The first-order valence-electron chi connectivity index (χ1n) is 4.95. The van der Waals surface area contributed by atoms with Gasteiger partial charge in [-0.15, -0.1) is 0 Å². The Hall–Kier alpha value is -0.930. The lowest BCUT2D eigenvalue weighted by Crippen LogP contribution is -2.50. The molecule has 0 aliphatic carbocycles. The molecule has 1 aromatic rings. The van der Waals surface area contributed by atoms with Crippen molar-refractivity contribution in [2.24, 2.45) is 0 Å². The second-order valence-corrected chi connectivity index (χ2v) is 4.32. The summed E-state index contributed by atoms with van der Waals surface area (Å²) in [4.78, 5) is 4.29. The molecular formula is C11H16N2O. The normalized spacial score (nSPS) is 26.0. The number of nitrogens with zero attached hydrogens (tertiary/aromatic N) is 1. The number of ether oxygens (including phenoxy) is 1. The molecule has 1 fully saturated rings. The van der Waals surface area contributed by atoms with Gasteiger partial charge in [-0.2, -0.15) is 0 Å². The first kappa shape index (κ1) is 9.62. The molecule has 76 valence electrons. The van der Waals surface area contributed by atoms with Gasteiger partial charge in [-0.3, -0.25) is 4.98 Å². The van der Waals surface area contributed by atoms with Crippen LogP contribution in [0.4, 0.5) is 0 Å². The molecule has 0 bridgehead atoms. The van der Waals surface area contributed by atoms with Crippen LogP contribution >= 0.6 is 0 Å². The van der Waals surface area contributed by atoms with Crippen LogP contribution in [-0.4, -0.2) is 23.7 Å². The van der Waals surface area contributed by atoms with E-state index in [-0.39, 0.29) is 11.6 Å². The van der Waals surface area contributed by atoms with E-state index in [1.54, 1.807) is 6.20 Å². The Morgan fingerprint density at radius 1 is 1.50 bits per heavy atom. The third-order valence-electron chi connectivity index (χ3n) is 2.43. The van der Waals surface area contributed by atoms with Crippen LogP contribution in [0.2, 0.25) is 0 Å². The highest BCUT2D eigenvalue weighted by atomic mass is 16.5. The Labute approximate surface area is 84.5 Å². The zero-order valence-electron chi connectivity index (χ0n) is 8.66. The van der Waals surface area contributed by atoms with Gasteiger partial charge in [-0.05, 0) is 26.0 Å². The number of pyridine rings is 1. The van der Waals surface area contributed by atoms with Crippen molar-refractivity contribution in [1.29, 1.82) is 0 Å². The Morgan fingerprint density at radius 2 is 2.36 bits per heavy atom. The minimum Gasteiger partial charge on any atom is -0.369 e. The number of nitrogens with one attached hydrogen (secondary N) is 1. The second-order valence-electron chi connectivity index (χ2n) is 4.32. The third kappa shape index (κ3) is 2.11. The second kappa shape index (κ2) is 3.67. The van der Waals surface area contributed by atoms with E-state index in [0.29, 0.717) is 0 Å². The summed E-state index contributed by atoms with van der Waals surface area (Å²) in [5.41, 5.74) is 1.10. The maximum atomic E-state index is 5.75. The van der Waals surface area contributed by atoms with E-state index in [2.05, 4.69) is 24.1 Å². The molecule has 3 heteroatoms. The van der Waals surface area contributed by atoms with Gasteiger partial charge >= 0.3 is 0 Å². The fourth-order valence-corrected chi connectivity index (χ4v) is 1.54. The molecule has 3 nitrogen and oxygen atoms in total. The van der Waals surface area contributed by atoms with E-state index >= 15 is 0 Å². The van der Waals surface area contributed by atoms with E-state index in [9.17, 15) is 0 Å². The number of rotatable bonds is 1. The quantitative estimate of drug-likeness (QED) is 0.732. The first-order chi connectivity index (χ1) is 6.67. The fourth-order valence-electron chi connectivity index (χ4n) is 1.54. The van der Waals surface area contributed by atoms with Gasteiger partial charge < -0.3 is 10.1 Å². The van der Waals surface area contributed by atoms with Gasteiger partial charge in [0.25, 0.3) is 0 Å². The molecule has 14 heavy (non-hydrogen) atoms. The largest absolute Gasteiger partial charge is 0.369 e. The number of hydrogen-bond donors (Lipinski definition) is 1. The van der Waals surface area contributed by atoms with E-state index in [4.69, 9.17) is 4.74 Å². The minimum atomic E-state index is 0.0886. The molecule has 1 N–H and O–H groups in total. The predicted octanol–water partition coefficient (Wildman–Crippen LogP) is 1.52. The van der Waals surface area contributed by atoms with Crippen molar-refractivity contribution >= 4 is 0 Å². The monoisotopic (exact) mass is 192 g/mol. The maximum Gasteiger partial charge on any atom is 0.112 e. The molecule has 0 amide bonds. The van der Waals surface area contributed by atoms with Crippen molar-refractivity contribution in [1.82, 2.24) is 10.3 Å². The molecule has 0 saturated carbocycles. The molecule has 1 aliphatic rings. The maximum absolute atomic E-state index is 5.75. The van der Waals surface area contributed by atoms with Crippen molar-refractivity contribution in [3.8, 4) is 0 Å². The molecule has 1 aromatic heterocycles. The van der Waals surface area contributed by atoms with Crippen molar-refractivity contribution in [3.63, 3.8) is 0 Å². The highest BCUT2D eigenvalue weighted by Crippen LogP contribution is 2.21. The highest BCUT2D eigenvalue weighted by molar-refractivity contribution is 5.08. The number of hydrogen-bond acceptors (Lipinski definition) is 3. The van der Waals surface area contributed by atoms with E-state index < -0.39 is 0 Å². The molecule has 0 aromatic carbocycles. The third-order valence-corrected chi connectivity index (χ3v) is 2.43. The van der Waals surface area contributed by atoms with E-state index in [1.165, 1.54) is 0 Å². The van der Waals surface area contributed by atoms with Crippen molar-refractivity contribution in [2.45, 2.75) is 25.5 Å². The lowest BCUT2D eigenvalue weighted by atomic mass is 10.0. The molecule has 0 radical (unpaired) electrons. The fraction of sp³-hybridized carbons (Fsp3) is 0.545. The van der Waals surface area contributed by atoms with Crippen molar-refractivity contribution in [2.75, 3.05) is 13.2 Å². The molecule has 1 unspecified atom stereocenters. The Bertz CT molecular complexity index is 287. The van der Waals surface area contributed by atoms with E-state index in [0.717, 1.165) is 18.8 Å². The van der Waals surface area contributed by atoms with Crippen LogP contribution in [-0.2, 0) is 4.74 Å². The number of morpholine rings is 1. The van der Waals surface area contributed by atoms with Gasteiger partial charge in [-0.25, -0.2) is 0 Å². The Kier molecular flexibility index (Phi) is 2.52. The van der Waals surface area contributed by atoms with Crippen LogP contribution in [0.3, 0.4) is 0 Å². The molecule has 1 saturated heterocycles. The van der Waals surface area contributed by atoms with Crippen LogP contribution in [0, 0.1) is 0 Å². The lowest BCUT2D eigenvalue weighted by molar-refractivity contribution is -0.0249. The first-order valence-corrected chi connectivity index (χ1v) is 4.95. The van der Waals surface area contributed by atoms with E-state index in [1.807, 2.05) is 18.2 Å². The van der Waals surface area contributed by atoms with Gasteiger partial charge in [0.1, 0.15) is 6.10 Å². The van der Waals surface area contributed by atoms with Gasteiger partial charge in [0, 0.05) is 18.3 Å². The summed E-state index contributed by atoms with van der Waals surface area (Å²) in [6.07, 6.45) is 1.91. The highest BCUT2D eigenvalue weighted by Gasteiger charge is 2.27. The average Bonchev–Trinajstić information content (AvgIpc) is 2.19. The molecule has 0 spiro atoms. The van der Waals surface area contributed by atoms with Crippen LogP contribution in [0.5, 0.6) is 0 Å². The molecule has 1 aliphatic heterocycles. The Balaban J connectivity index is 2.03. The van der Waals surface area contributed by atoms with Crippen molar-refractivity contribution < 1.29 is 4.74 Å². The summed E-state index contributed by atoms with van der Waals surface area (Å²) in [7, 11) is 0. The smallest absolute Gasteiger partial charge is 0.112 e. The molecular weight excluding hydrogens is 176 g/mol. The molecule has 2 heterocycles. The summed E-state index contributed by atoms with van der Waals surface area (Å²) < 4.78 is 5.75. The SMILES string of the molecule is CC1(C)COC(c2ccccn2)CN1. The summed E-state index contributed by atoms with van der Waals surface area (Å²) in [5, 5.41) is 3.44. The van der Waals surface area contributed by atoms with Gasteiger partial charge in [-0.1, -0.05) is 6.07 Å². The van der Waals surface area contributed by atoms with Gasteiger partial charge in [0.15, 0.2) is 0 Å². The summed E-state index contributed by atoms with van der Waals surface area (Å²) in [5.74, 6) is 0. The van der Waals surface area contributed by atoms with Crippen LogP contribution in [0.25, 0.3) is 0 Å². The summed E-state index contributed by atoms with van der Waals surface area (Å²) in [6, 6.07) is 5.92. The summed E-state index contributed by atoms with van der Waals surface area (Å²) >= 11 is 0. The predicted molar refractivity (Wildman–Crippen MR) is 55.0 cm³/mol. The van der Waals surface area contributed by atoms with Crippen molar-refractivity contribution in [3.05, 3.63) is 30.1 Å². The zero-order chi connectivity index (χ0) is 10.0. The average molecular weight is 192 g/mol. The molecule has 1 atom stereocenters. The minimum absolute atomic E-state index is 0.0886. The zero-order valence-corrected chi connectivity index (χ0v) is 8.66. The van der Waals surface area contributed by atoms with Crippen LogP contribution in [0.1, 0.15) is 25.6 Å². The van der Waals surface area contributed by atoms with Crippen LogP contribution < -0.4 is 5.32 Å². The topological polar surface area (TPSA) is 34.1 Å². The Morgan fingerprint density at radius 3 is 2.93 bits per heavy atom. The van der Waals surface area contributed by atoms with Gasteiger partial charge in [0.2, 0.25) is 0 Å². The standard InChI is InChI=1S/C11H16N2O/c1-11(2)8-14-10(7-13-11)9-5-3-4-6-12-9/h3-6,10,13H,7-8H2,1-2H3. The number of aromatic nitrogens is 1.